The maximum absolute atomic E-state index is 13.4. The average Bonchev–Trinajstić information content (AvgIpc) is 3.24. The van der Waals surface area contributed by atoms with E-state index in [0.717, 1.165) is 44.1 Å². The first-order valence-electron chi connectivity index (χ1n) is 10.8. The molecule has 2 aliphatic carbocycles. The van der Waals surface area contributed by atoms with Gasteiger partial charge in [-0.1, -0.05) is 43.2 Å². The topological polar surface area (TPSA) is 40.6 Å². The molecule has 154 valence electrons. The summed E-state index contributed by atoms with van der Waals surface area (Å²) < 4.78 is 0. The summed E-state index contributed by atoms with van der Waals surface area (Å²) in [5.41, 5.74) is 1.12. The fraction of sp³-hybridized carbons (Fsp3) is 0.500. The fourth-order valence-electron chi connectivity index (χ4n) is 4.22. The van der Waals surface area contributed by atoms with E-state index in [-0.39, 0.29) is 30.3 Å². The smallest absolute Gasteiger partial charge is 0.242 e. The van der Waals surface area contributed by atoms with Gasteiger partial charge in [0.2, 0.25) is 11.8 Å². The lowest BCUT2D eigenvalue weighted by Crippen LogP contribution is -2.45. The zero-order valence-electron chi connectivity index (χ0n) is 17.2. The number of carbonyl (C=O) groups is 2. The third kappa shape index (κ3) is 5.27. The summed E-state index contributed by atoms with van der Waals surface area (Å²) in [5, 5.41) is 0. The van der Waals surface area contributed by atoms with Gasteiger partial charge in [-0.15, -0.1) is 11.3 Å². The summed E-state index contributed by atoms with van der Waals surface area (Å²) in [4.78, 5) is 32.7. The number of thiophene rings is 1. The summed E-state index contributed by atoms with van der Waals surface area (Å²) in [6.07, 6.45) is 6.32. The van der Waals surface area contributed by atoms with Crippen LogP contribution in [-0.4, -0.2) is 34.2 Å². The van der Waals surface area contributed by atoms with Crippen LogP contribution in [0, 0.1) is 12.8 Å². The Morgan fingerprint density at radius 2 is 1.69 bits per heavy atom. The number of carbonyl (C=O) groups excluding carboxylic acids is 2. The van der Waals surface area contributed by atoms with Crippen LogP contribution in [0.15, 0.2) is 42.5 Å². The Morgan fingerprint density at radius 1 is 0.966 bits per heavy atom. The van der Waals surface area contributed by atoms with E-state index in [1.165, 1.54) is 9.75 Å². The van der Waals surface area contributed by atoms with Gasteiger partial charge in [-0.3, -0.25) is 9.59 Å². The molecule has 1 aromatic heterocycles. The summed E-state index contributed by atoms with van der Waals surface area (Å²) in [5.74, 6) is 0.397. The standard InChI is InChI=1S/C24H30N2O2S/c1-18-11-14-22(29-18)16-25(15-19-7-3-2-4-8-19)23(27)17-26(21-12-13-21)24(28)20-9-5-6-10-20/h2-4,7-8,11,14,20-21H,5-6,9-10,12-13,15-17H2,1H3. The van der Waals surface area contributed by atoms with E-state index in [4.69, 9.17) is 0 Å². The minimum Gasteiger partial charge on any atom is -0.332 e. The van der Waals surface area contributed by atoms with E-state index in [1.54, 1.807) is 11.3 Å². The Balaban J connectivity index is 1.48. The van der Waals surface area contributed by atoms with E-state index in [0.29, 0.717) is 13.1 Å². The lowest BCUT2D eigenvalue weighted by molar-refractivity contribution is -0.144. The molecule has 1 heterocycles. The Morgan fingerprint density at radius 3 is 2.31 bits per heavy atom. The molecule has 2 aromatic rings. The van der Waals surface area contributed by atoms with Crippen molar-refractivity contribution >= 4 is 23.2 Å². The summed E-state index contributed by atoms with van der Waals surface area (Å²) >= 11 is 1.73. The molecule has 5 heteroatoms. The van der Waals surface area contributed by atoms with Crippen LogP contribution in [0.1, 0.15) is 53.8 Å². The molecule has 4 rings (SSSR count). The first kappa shape index (κ1) is 20.1. The third-order valence-corrected chi connectivity index (χ3v) is 6.98. The molecule has 2 fully saturated rings. The van der Waals surface area contributed by atoms with E-state index < -0.39 is 0 Å². The molecule has 2 amide bonds. The molecule has 0 spiro atoms. The highest BCUT2D eigenvalue weighted by Gasteiger charge is 2.38. The summed E-state index contributed by atoms with van der Waals surface area (Å²) in [6.45, 7) is 3.49. The molecule has 0 atom stereocenters. The van der Waals surface area contributed by atoms with Crippen molar-refractivity contribution in [3.8, 4) is 0 Å². The van der Waals surface area contributed by atoms with Crippen LogP contribution in [0.4, 0.5) is 0 Å². The van der Waals surface area contributed by atoms with Crippen LogP contribution in [0.25, 0.3) is 0 Å². The third-order valence-electron chi connectivity index (χ3n) is 5.99. The minimum absolute atomic E-state index is 0.0538. The maximum Gasteiger partial charge on any atom is 0.242 e. The monoisotopic (exact) mass is 410 g/mol. The molecule has 0 bridgehead atoms. The predicted molar refractivity (Wildman–Crippen MR) is 116 cm³/mol. The van der Waals surface area contributed by atoms with Gasteiger partial charge in [0.25, 0.3) is 0 Å². The second kappa shape index (κ2) is 9.12. The quantitative estimate of drug-likeness (QED) is 0.629. The Labute approximate surface area is 177 Å². The van der Waals surface area contributed by atoms with E-state index in [1.807, 2.05) is 28.0 Å². The molecule has 2 aliphatic rings. The van der Waals surface area contributed by atoms with Crippen LogP contribution in [0.2, 0.25) is 0 Å². The summed E-state index contributed by atoms with van der Waals surface area (Å²) in [6, 6.07) is 14.6. The number of hydrogen-bond donors (Lipinski definition) is 0. The molecular weight excluding hydrogens is 380 g/mol. The molecule has 2 saturated carbocycles. The number of rotatable bonds is 8. The van der Waals surface area contributed by atoms with Crippen molar-refractivity contribution in [3.63, 3.8) is 0 Å². The summed E-state index contributed by atoms with van der Waals surface area (Å²) in [7, 11) is 0. The number of nitrogens with zero attached hydrogens (tertiary/aromatic N) is 2. The fourth-order valence-corrected chi connectivity index (χ4v) is 5.13. The number of amides is 2. The van der Waals surface area contributed by atoms with Crippen LogP contribution in [0.3, 0.4) is 0 Å². The van der Waals surface area contributed by atoms with E-state index in [9.17, 15) is 9.59 Å². The lowest BCUT2D eigenvalue weighted by atomic mass is 10.1. The van der Waals surface area contributed by atoms with Crippen LogP contribution in [0.5, 0.6) is 0 Å². The molecule has 29 heavy (non-hydrogen) atoms. The lowest BCUT2D eigenvalue weighted by Gasteiger charge is -2.29. The molecule has 4 nitrogen and oxygen atoms in total. The normalized spacial score (nSPS) is 16.7. The maximum atomic E-state index is 13.4. The van der Waals surface area contributed by atoms with Crippen LogP contribution >= 0.6 is 11.3 Å². The highest BCUT2D eigenvalue weighted by atomic mass is 32.1. The Kier molecular flexibility index (Phi) is 6.34. The minimum atomic E-state index is 0.0538. The average molecular weight is 411 g/mol. The zero-order chi connectivity index (χ0) is 20.2. The molecule has 0 aliphatic heterocycles. The highest BCUT2D eigenvalue weighted by Crippen LogP contribution is 2.33. The van der Waals surface area contributed by atoms with Crippen molar-refractivity contribution in [1.29, 1.82) is 0 Å². The van der Waals surface area contributed by atoms with Gasteiger partial charge in [0.05, 0.1) is 6.54 Å². The molecule has 0 unspecified atom stereocenters. The molecule has 0 N–H and O–H groups in total. The first-order valence-corrected chi connectivity index (χ1v) is 11.6. The molecule has 0 saturated heterocycles. The molecule has 0 radical (unpaired) electrons. The van der Waals surface area contributed by atoms with Gasteiger partial charge < -0.3 is 9.80 Å². The van der Waals surface area contributed by atoms with Crippen LogP contribution < -0.4 is 0 Å². The van der Waals surface area contributed by atoms with Crippen molar-refractivity contribution in [3.05, 3.63) is 57.8 Å². The van der Waals surface area contributed by atoms with Crippen molar-refractivity contribution in [1.82, 2.24) is 9.80 Å². The van der Waals surface area contributed by atoms with Crippen molar-refractivity contribution in [2.45, 2.75) is 64.6 Å². The van der Waals surface area contributed by atoms with E-state index in [2.05, 4.69) is 31.2 Å². The van der Waals surface area contributed by atoms with Gasteiger partial charge in [0.1, 0.15) is 6.54 Å². The second-order valence-electron chi connectivity index (χ2n) is 8.43. The number of benzene rings is 1. The largest absolute Gasteiger partial charge is 0.332 e. The molecular formula is C24H30N2O2S. The SMILES string of the molecule is Cc1ccc(CN(Cc2ccccc2)C(=O)CN(C(=O)C2CCCC2)C2CC2)s1. The van der Waals surface area contributed by atoms with E-state index >= 15 is 0 Å². The van der Waals surface area contributed by atoms with Crippen molar-refractivity contribution < 1.29 is 9.59 Å². The Bertz CT molecular complexity index is 838. The number of hydrogen-bond acceptors (Lipinski definition) is 3. The molecule has 1 aromatic carbocycles. The van der Waals surface area contributed by atoms with Gasteiger partial charge in [-0.2, -0.15) is 0 Å². The number of aryl methyl sites for hydroxylation is 1. The van der Waals surface area contributed by atoms with Gasteiger partial charge in [0, 0.05) is 28.3 Å². The predicted octanol–water partition coefficient (Wildman–Crippen LogP) is 4.77. The van der Waals surface area contributed by atoms with Gasteiger partial charge in [-0.05, 0) is 50.3 Å². The Hall–Kier alpha value is -2.14. The van der Waals surface area contributed by atoms with Gasteiger partial charge in [0.15, 0.2) is 0 Å². The first-order chi connectivity index (χ1) is 14.1. The van der Waals surface area contributed by atoms with Crippen molar-refractivity contribution in [2.75, 3.05) is 6.54 Å². The zero-order valence-corrected chi connectivity index (χ0v) is 18.0. The van der Waals surface area contributed by atoms with Gasteiger partial charge >= 0.3 is 0 Å². The van der Waals surface area contributed by atoms with Gasteiger partial charge in [-0.25, -0.2) is 0 Å². The van der Waals surface area contributed by atoms with Crippen molar-refractivity contribution in [2.24, 2.45) is 5.92 Å². The second-order valence-corrected chi connectivity index (χ2v) is 9.80. The van der Waals surface area contributed by atoms with Crippen LogP contribution in [-0.2, 0) is 22.7 Å². The highest BCUT2D eigenvalue weighted by molar-refractivity contribution is 7.11.